The lowest BCUT2D eigenvalue weighted by atomic mass is 9.91. The van der Waals surface area contributed by atoms with Crippen LogP contribution in [0, 0.1) is 5.92 Å². The van der Waals surface area contributed by atoms with Crippen molar-refractivity contribution in [2.24, 2.45) is 5.92 Å². The van der Waals surface area contributed by atoms with Crippen LogP contribution in [0.1, 0.15) is 53.4 Å². The fourth-order valence-electron chi connectivity index (χ4n) is 2.73. The van der Waals surface area contributed by atoms with Crippen molar-refractivity contribution in [2.45, 2.75) is 64.9 Å². The Hall–Kier alpha value is -0.800. The summed E-state index contributed by atoms with van der Waals surface area (Å²) >= 11 is 0. The molecule has 2 nitrogen and oxygen atoms in total. The normalized spacial score (nSPS) is 26.9. The van der Waals surface area contributed by atoms with Gasteiger partial charge in [0, 0.05) is 13.0 Å². The SMILES string of the molecule is CC1CN(C(OC(C)(C)C)=C2CCC2)CC(F)(F)C1. The van der Waals surface area contributed by atoms with Gasteiger partial charge >= 0.3 is 0 Å². The molecule has 1 heterocycles. The van der Waals surface area contributed by atoms with Gasteiger partial charge in [-0.2, -0.15) is 0 Å². The van der Waals surface area contributed by atoms with E-state index >= 15 is 0 Å². The molecule has 2 aliphatic rings. The second kappa shape index (κ2) is 4.95. The minimum Gasteiger partial charge on any atom is -0.473 e. The minimum atomic E-state index is -2.60. The van der Waals surface area contributed by atoms with Gasteiger partial charge in [0.05, 0.1) is 6.54 Å². The van der Waals surface area contributed by atoms with Gasteiger partial charge in [-0.3, -0.25) is 0 Å². The van der Waals surface area contributed by atoms with Gasteiger partial charge in [-0.15, -0.1) is 0 Å². The van der Waals surface area contributed by atoms with Crippen LogP contribution in [0.5, 0.6) is 0 Å². The molecule has 1 saturated carbocycles. The summed E-state index contributed by atoms with van der Waals surface area (Å²) < 4.78 is 33.5. The lowest BCUT2D eigenvalue weighted by Gasteiger charge is -2.42. The molecule has 0 amide bonds. The highest BCUT2D eigenvalue weighted by molar-refractivity contribution is 5.16. The van der Waals surface area contributed by atoms with Crippen molar-refractivity contribution in [1.82, 2.24) is 4.90 Å². The predicted octanol–water partition coefficient (Wildman–Crippen LogP) is 4.17. The van der Waals surface area contributed by atoms with Crippen molar-refractivity contribution in [1.29, 1.82) is 0 Å². The first-order valence-corrected chi connectivity index (χ1v) is 7.20. The summed E-state index contributed by atoms with van der Waals surface area (Å²) in [5.41, 5.74) is 0.869. The molecule has 0 bridgehead atoms. The highest BCUT2D eigenvalue weighted by Gasteiger charge is 2.41. The van der Waals surface area contributed by atoms with Gasteiger partial charge in [0.25, 0.3) is 5.92 Å². The zero-order chi connectivity index (χ0) is 14.3. The van der Waals surface area contributed by atoms with Crippen LogP contribution >= 0.6 is 0 Å². The first-order valence-electron chi connectivity index (χ1n) is 7.20. The van der Waals surface area contributed by atoms with Crippen molar-refractivity contribution in [3.63, 3.8) is 0 Å². The van der Waals surface area contributed by atoms with Gasteiger partial charge in [-0.25, -0.2) is 8.78 Å². The van der Waals surface area contributed by atoms with Crippen LogP contribution in [0.15, 0.2) is 11.5 Å². The molecule has 0 spiro atoms. The lowest BCUT2D eigenvalue weighted by Crippen LogP contribution is -2.47. The Morgan fingerprint density at radius 1 is 1.32 bits per heavy atom. The van der Waals surface area contributed by atoms with Gasteiger partial charge in [0.15, 0.2) is 5.88 Å². The monoisotopic (exact) mass is 273 g/mol. The highest BCUT2D eigenvalue weighted by Crippen LogP contribution is 2.38. The Morgan fingerprint density at radius 2 is 1.95 bits per heavy atom. The van der Waals surface area contributed by atoms with Gasteiger partial charge in [-0.05, 0) is 51.5 Å². The van der Waals surface area contributed by atoms with Crippen LogP contribution in [-0.2, 0) is 4.74 Å². The third-order valence-electron chi connectivity index (χ3n) is 3.55. The zero-order valence-corrected chi connectivity index (χ0v) is 12.4. The van der Waals surface area contributed by atoms with Crippen molar-refractivity contribution >= 4 is 0 Å². The summed E-state index contributed by atoms with van der Waals surface area (Å²) in [4.78, 5) is 1.77. The molecule has 0 aromatic rings. The van der Waals surface area contributed by atoms with E-state index in [9.17, 15) is 8.78 Å². The summed E-state index contributed by atoms with van der Waals surface area (Å²) in [5.74, 6) is -1.87. The number of halogens is 2. The number of rotatable bonds is 2. The zero-order valence-electron chi connectivity index (χ0n) is 12.4. The number of nitrogens with zero attached hydrogens (tertiary/aromatic N) is 1. The summed E-state index contributed by atoms with van der Waals surface area (Å²) in [6.07, 6.45) is 3.11. The number of hydrogen-bond acceptors (Lipinski definition) is 2. The van der Waals surface area contributed by atoms with E-state index in [1.54, 1.807) is 4.90 Å². The van der Waals surface area contributed by atoms with Crippen molar-refractivity contribution in [3.8, 4) is 0 Å². The predicted molar refractivity (Wildman–Crippen MR) is 72.0 cm³/mol. The maximum Gasteiger partial charge on any atom is 0.265 e. The maximum atomic E-state index is 13.8. The van der Waals surface area contributed by atoms with Crippen LogP contribution in [0.4, 0.5) is 8.78 Å². The van der Waals surface area contributed by atoms with Gasteiger partial charge in [0.2, 0.25) is 0 Å². The van der Waals surface area contributed by atoms with Crippen LogP contribution < -0.4 is 0 Å². The Labute approximate surface area is 114 Å². The van der Waals surface area contributed by atoms with E-state index in [1.807, 2.05) is 27.7 Å². The Bertz CT molecular complexity index is 365. The summed E-state index contributed by atoms with van der Waals surface area (Å²) in [6.45, 7) is 8.27. The average Bonchev–Trinajstić information content (AvgIpc) is 2.07. The summed E-state index contributed by atoms with van der Waals surface area (Å²) in [7, 11) is 0. The lowest BCUT2D eigenvalue weighted by molar-refractivity contribution is -0.101. The summed E-state index contributed by atoms with van der Waals surface area (Å²) in [5, 5.41) is 0. The van der Waals surface area contributed by atoms with Gasteiger partial charge < -0.3 is 9.64 Å². The number of alkyl halides is 2. The number of allylic oxidation sites excluding steroid dienone is 1. The molecule has 2 fully saturated rings. The first-order chi connectivity index (χ1) is 8.66. The maximum absolute atomic E-state index is 13.8. The molecule has 110 valence electrons. The molecule has 0 aromatic heterocycles. The molecule has 1 aliphatic heterocycles. The van der Waals surface area contributed by atoms with E-state index in [2.05, 4.69) is 0 Å². The second-order valence-electron chi connectivity index (χ2n) is 7.02. The Balaban J connectivity index is 2.19. The average molecular weight is 273 g/mol. The van der Waals surface area contributed by atoms with Crippen molar-refractivity contribution in [2.75, 3.05) is 13.1 Å². The molecule has 1 atom stereocenters. The van der Waals surface area contributed by atoms with Crippen LogP contribution in [-0.4, -0.2) is 29.5 Å². The van der Waals surface area contributed by atoms with Crippen LogP contribution in [0.2, 0.25) is 0 Å². The Kier molecular flexibility index (Phi) is 3.80. The molecule has 1 unspecified atom stereocenters. The topological polar surface area (TPSA) is 12.5 Å². The third-order valence-corrected chi connectivity index (χ3v) is 3.55. The Morgan fingerprint density at radius 3 is 2.37 bits per heavy atom. The van der Waals surface area contributed by atoms with Crippen LogP contribution in [0.25, 0.3) is 0 Å². The van der Waals surface area contributed by atoms with E-state index in [0.29, 0.717) is 6.54 Å². The molecule has 4 heteroatoms. The van der Waals surface area contributed by atoms with E-state index in [-0.39, 0.29) is 24.5 Å². The van der Waals surface area contributed by atoms with E-state index in [0.717, 1.165) is 25.1 Å². The third kappa shape index (κ3) is 3.83. The standard InChI is InChI=1S/C15H25F2NO/c1-11-8-15(16,17)10-18(9-11)13(12-6-5-7-12)19-14(2,3)4/h11H,5-10H2,1-4H3. The van der Waals surface area contributed by atoms with E-state index in [1.165, 1.54) is 5.57 Å². The van der Waals surface area contributed by atoms with Crippen molar-refractivity contribution in [3.05, 3.63) is 11.5 Å². The largest absolute Gasteiger partial charge is 0.473 e. The van der Waals surface area contributed by atoms with Gasteiger partial charge in [-0.1, -0.05) is 6.92 Å². The first kappa shape index (κ1) is 14.6. The summed E-state index contributed by atoms with van der Waals surface area (Å²) in [6, 6.07) is 0. The van der Waals surface area contributed by atoms with Crippen molar-refractivity contribution < 1.29 is 13.5 Å². The molecule has 2 rings (SSSR count). The molecular formula is C15H25F2NO. The quantitative estimate of drug-likeness (QED) is 0.700. The molecule has 1 aliphatic carbocycles. The second-order valence-corrected chi connectivity index (χ2v) is 7.02. The highest BCUT2D eigenvalue weighted by atomic mass is 19.3. The molecule has 0 aromatic carbocycles. The van der Waals surface area contributed by atoms with E-state index in [4.69, 9.17) is 4.74 Å². The fourth-order valence-corrected chi connectivity index (χ4v) is 2.73. The van der Waals surface area contributed by atoms with E-state index < -0.39 is 5.92 Å². The van der Waals surface area contributed by atoms with Gasteiger partial charge in [0.1, 0.15) is 5.60 Å². The number of hydrogen-bond donors (Lipinski definition) is 0. The molecule has 19 heavy (non-hydrogen) atoms. The molecule has 0 N–H and O–H groups in total. The number of ether oxygens (including phenoxy) is 1. The molecular weight excluding hydrogens is 248 g/mol. The molecule has 1 saturated heterocycles. The smallest absolute Gasteiger partial charge is 0.265 e. The minimum absolute atomic E-state index is 0.00277. The number of piperidine rings is 1. The molecule has 0 radical (unpaired) electrons. The van der Waals surface area contributed by atoms with Crippen LogP contribution in [0.3, 0.4) is 0 Å². The number of likely N-dealkylation sites (tertiary alicyclic amines) is 1. The fraction of sp³-hybridized carbons (Fsp3) is 0.867.